The maximum absolute atomic E-state index is 2.34. The Kier molecular flexibility index (Phi) is 6.89. The molecule has 0 heteroatoms. The van der Waals surface area contributed by atoms with Gasteiger partial charge in [-0.25, -0.2) is 0 Å². The van der Waals surface area contributed by atoms with Crippen LogP contribution in [0.1, 0.15) is 76.3 Å². The molecule has 0 aliphatic carbocycles. The monoisotopic (exact) mass is 308 g/mol. The highest BCUT2D eigenvalue weighted by molar-refractivity contribution is 5.35. The van der Waals surface area contributed by atoms with Gasteiger partial charge in [0.15, 0.2) is 0 Å². The van der Waals surface area contributed by atoms with E-state index in [0.717, 1.165) is 0 Å². The molecule has 0 radical (unpaired) electrons. The molecule has 23 heavy (non-hydrogen) atoms. The predicted octanol–water partition coefficient (Wildman–Crippen LogP) is 7.21. The third kappa shape index (κ3) is 4.25. The second-order valence-electron chi connectivity index (χ2n) is 6.87. The summed E-state index contributed by atoms with van der Waals surface area (Å²) in [5.41, 5.74) is 3.34. The summed E-state index contributed by atoms with van der Waals surface area (Å²) in [6, 6.07) is 22.3. The standard InChI is InChI=1S/C23H32/c1-4-17-23(18-5-2,19-6-3)22(20-13-9-7-10-14-20)21-15-11-8-12-16-21/h7-16,22H,4-6,17-19H2,1-3H3. The zero-order valence-electron chi connectivity index (χ0n) is 15.1. The molecule has 0 atom stereocenters. The van der Waals surface area contributed by atoms with Gasteiger partial charge < -0.3 is 0 Å². The summed E-state index contributed by atoms with van der Waals surface area (Å²) in [4.78, 5) is 0. The van der Waals surface area contributed by atoms with Crippen molar-refractivity contribution < 1.29 is 0 Å². The van der Waals surface area contributed by atoms with Gasteiger partial charge in [-0.2, -0.15) is 0 Å². The SMILES string of the molecule is CCCC(CCC)(CCC)C(c1ccccc1)c1ccccc1. The Morgan fingerprint density at radius 3 is 1.26 bits per heavy atom. The first-order chi connectivity index (χ1) is 11.3. The Labute approximate surface area is 143 Å². The molecule has 0 aliphatic heterocycles. The molecule has 0 saturated heterocycles. The maximum atomic E-state index is 2.34. The fourth-order valence-electron chi connectivity index (χ4n) is 4.49. The minimum absolute atomic E-state index is 0.376. The maximum Gasteiger partial charge on any atom is 0.0146 e. The van der Waals surface area contributed by atoms with Crippen molar-refractivity contribution in [3.05, 3.63) is 71.8 Å². The number of hydrogen-bond donors (Lipinski definition) is 0. The van der Waals surface area contributed by atoms with E-state index in [-0.39, 0.29) is 0 Å². The summed E-state index contributed by atoms with van der Waals surface area (Å²) in [5, 5.41) is 0. The lowest BCUT2D eigenvalue weighted by atomic mass is 9.62. The van der Waals surface area contributed by atoms with Crippen molar-refractivity contribution in [3.63, 3.8) is 0 Å². The molecule has 2 aromatic rings. The van der Waals surface area contributed by atoms with E-state index in [0.29, 0.717) is 11.3 Å². The Bertz CT molecular complexity index is 484. The average Bonchev–Trinajstić information content (AvgIpc) is 2.58. The molecule has 0 nitrogen and oxygen atoms in total. The molecule has 0 bridgehead atoms. The van der Waals surface area contributed by atoms with Crippen molar-refractivity contribution in [1.29, 1.82) is 0 Å². The number of rotatable bonds is 9. The van der Waals surface area contributed by atoms with Crippen LogP contribution >= 0.6 is 0 Å². The minimum atomic E-state index is 0.376. The Morgan fingerprint density at radius 1 is 0.609 bits per heavy atom. The van der Waals surface area contributed by atoms with Crippen LogP contribution in [0.3, 0.4) is 0 Å². The third-order valence-electron chi connectivity index (χ3n) is 5.12. The molecule has 0 heterocycles. The second kappa shape index (κ2) is 8.91. The molecule has 0 fully saturated rings. The van der Waals surface area contributed by atoms with E-state index < -0.39 is 0 Å². The van der Waals surface area contributed by atoms with Gasteiger partial charge in [0.1, 0.15) is 0 Å². The predicted molar refractivity (Wildman–Crippen MR) is 102 cm³/mol. The summed E-state index contributed by atoms with van der Waals surface area (Å²) >= 11 is 0. The van der Waals surface area contributed by atoms with E-state index >= 15 is 0 Å². The molecule has 0 spiro atoms. The summed E-state index contributed by atoms with van der Waals surface area (Å²) in [6.45, 7) is 7.02. The van der Waals surface area contributed by atoms with Crippen molar-refractivity contribution in [2.45, 2.75) is 65.2 Å². The van der Waals surface area contributed by atoms with Crippen LogP contribution in [-0.4, -0.2) is 0 Å². The van der Waals surface area contributed by atoms with Crippen LogP contribution in [0.15, 0.2) is 60.7 Å². The second-order valence-corrected chi connectivity index (χ2v) is 6.87. The van der Waals surface area contributed by atoms with Crippen LogP contribution in [0.5, 0.6) is 0 Å². The van der Waals surface area contributed by atoms with Crippen molar-refractivity contribution in [2.24, 2.45) is 5.41 Å². The fourth-order valence-corrected chi connectivity index (χ4v) is 4.49. The molecule has 2 aromatic carbocycles. The van der Waals surface area contributed by atoms with Gasteiger partial charge in [-0.1, -0.05) is 101 Å². The average molecular weight is 309 g/mol. The van der Waals surface area contributed by atoms with Crippen molar-refractivity contribution >= 4 is 0 Å². The van der Waals surface area contributed by atoms with E-state index in [4.69, 9.17) is 0 Å². The molecule has 0 aromatic heterocycles. The van der Waals surface area contributed by atoms with Crippen molar-refractivity contribution in [3.8, 4) is 0 Å². The van der Waals surface area contributed by atoms with Crippen molar-refractivity contribution in [2.75, 3.05) is 0 Å². The van der Waals surface area contributed by atoms with E-state index in [1.54, 1.807) is 0 Å². The largest absolute Gasteiger partial charge is 0.0654 e. The van der Waals surface area contributed by atoms with Gasteiger partial charge in [-0.15, -0.1) is 0 Å². The molecule has 0 amide bonds. The van der Waals surface area contributed by atoms with Crippen LogP contribution in [0.2, 0.25) is 0 Å². The lowest BCUT2D eigenvalue weighted by molar-refractivity contribution is 0.180. The highest BCUT2D eigenvalue weighted by Gasteiger charge is 2.38. The lowest BCUT2D eigenvalue weighted by Gasteiger charge is -2.42. The first-order valence-electron chi connectivity index (χ1n) is 9.37. The molecule has 0 aliphatic rings. The topological polar surface area (TPSA) is 0 Å². The third-order valence-corrected chi connectivity index (χ3v) is 5.12. The normalized spacial score (nSPS) is 11.8. The van der Waals surface area contributed by atoms with Crippen LogP contribution in [0.25, 0.3) is 0 Å². The molecular weight excluding hydrogens is 276 g/mol. The minimum Gasteiger partial charge on any atom is -0.0654 e. The number of benzene rings is 2. The Morgan fingerprint density at radius 2 is 0.957 bits per heavy atom. The van der Waals surface area contributed by atoms with E-state index in [1.165, 1.54) is 49.7 Å². The van der Waals surface area contributed by atoms with Gasteiger partial charge in [0, 0.05) is 5.92 Å². The van der Waals surface area contributed by atoms with Crippen LogP contribution in [0.4, 0.5) is 0 Å². The van der Waals surface area contributed by atoms with Gasteiger partial charge >= 0.3 is 0 Å². The number of hydrogen-bond acceptors (Lipinski definition) is 0. The fraction of sp³-hybridized carbons (Fsp3) is 0.478. The van der Waals surface area contributed by atoms with E-state index in [1.807, 2.05) is 0 Å². The lowest BCUT2D eigenvalue weighted by Crippen LogP contribution is -2.30. The first-order valence-corrected chi connectivity index (χ1v) is 9.37. The summed E-state index contributed by atoms with van der Waals surface area (Å²) in [6.07, 6.45) is 7.71. The molecule has 0 unspecified atom stereocenters. The van der Waals surface area contributed by atoms with Crippen LogP contribution in [-0.2, 0) is 0 Å². The quantitative estimate of drug-likeness (QED) is 0.459. The summed E-state index contributed by atoms with van der Waals surface area (Å²) in [5.74, 6) is 0.504. The molecule has 2 rings (SSSR count). The Hall–Kier alpha value is -1.56. The molecule has 0 N–H and O–H groups in total. The first kappa shape index (κ1) is 17.8. The van der Waals surface area contributed by atoms with E-state index in [9.17, 15) is 0 Å². The van der Waals surface area contributed by atoms with Gasteiger partial charge in [0.05, 0.1) is 0 Å². The van der Waals surface area contributed by atoms with Gasteiger partial charge in [-0.3, -0.25) is 0 Å². The van der Waals surface area contributed by atoms with Crippen LogP contribution in [0, 0.1) is 5.41 Å². The molecular formula is C23H32. The summed E-state index contributed by atoms with van der Waals surface area (Å²) < 4.78 is 0. The highest BCUT2D eigenvalue weighted by Crippen LogP contribution is 2.50. The smallest absolute Gasteiger partial charge is 0.0146 e. The van der Waals surface area contributed by atoms with Gasteiger partial charge in [-0.05, 0) is 35.8 Å². The van der Waals surface area contributed by atoms with E-state index in [2.05, 4.69) is 81.4 Å². The molecule has 0 saturated carbocycles. The van der Waals surface area contributed by atoms with Gasteiger partial charge in [0.2, 0.25) is 0 Å². The summed E-state index contributed by atoms with van der Waals surface area (Å²) in [7, 11) is 0. The Balaban J connectivity index is 2.56. The molecule has 124 valence electrons. The van der Waals surface area contributed by atoms with Gasteiger partial charge in [0.25, 0.3) is 0 Å². The van der Waals surface area contributed by atoms with Crippen LogP contribution < -0.4 is 0 Å². The highest BCUT2D eigenvalue weighted by atomic mass is 14.4. The zero-order chi connectivity index (χ0) is 16.5. The van der Waals surface area contributed by atoms with Crippen molar-refractivity contribution in [1.82, 2.24) is 0 Å². The zero-order valence-corrected chi connectivity index (χ0v) is 15.1.